The number of rotatable bonds is 2. The predicted molar refractivity (Wildman–Crippen MR) is 54.0 cm³/mol. The number of amides is 2. The average Bonchev–Trinajstić information content (AvgIpc) is 2.79. The van der Waals surface area contributed by atoms with E-state index in [0.29, 0.717) is 6.54 Å². The molecule has 0 spiro atoms. The van der Waals surface area contributed by atoms with E-state index in [1.165, 1.54) is 0 Å². The number of hydrogen-bond acceptors (Lipinski definition) is 1. The van der Waals surface area contributed by atoms with Crippen molar-refractivity contribution in [2.75, 3.05) is 6.54 Å². The van der Waals surface area contributed by atoms with Crippen LogP contribution in [-0.4, -0.2) is 24.3 Å². The predicted octanol–water partition coefficient (Wildman–Crippen LogP) is 2.43. The molecule has 3 nitrogen and oxygen atoms in total. The highest BCUT2D eigenvalue weighted by atomic mass is 19.4. The zero-order valence-electron chi connectivity index (χ0n) is 9.66. The first-order valence-electron chi connectivity index (χ1n) is 5.19. The molecule has 2 N–H and O–H groups in total. The third-order valence-corrected chi connectivity index (χ3v) is 2.42. The summed E-state index contributed by atoms with van der Waals surface area (Å²) in [6.07, 6.45) is -4.41. The highest BCUT2D eigenvalue weighted by Crippen LogP contribution is 2.48. The number of carbonyl (C=O) groups is 1. The van der Waals surface area contributed by atoms with Gasteiger partial charge in [0.25, 0.3) is 0 Å². The molecule has 0 atom stereocenters. The fourth-order valence-corrected chi connectivity index (χ4v) is 1.21. The van der Waals surface area contributed by atoms with E-state index in [4.69, 9.17) is 0 Å². The average molecular weight is 238 g/mol. The maximum absolute atomic E-state index is 12.5. The van der Waals surface area contributed by atoms with Gasteiger partial charge in [-0.2, -0.15) is 13.2 Å². The first-order chi connectivity index (χ1) is 7.06. The van der Waals surface area contributed by atoms with Gasteiger partial charge in [0.2, 0.25) is 0 Å². The first-order valence-corrected chi connectivity index (χ1v) is 5.19. The Morgan fingerprint density at radius 1 is 1.25 bits per heavy atom. The molecule has 6 heteroatoms. The Kier molecular flexibility index (Phi) is 3.13. The highest BCUT2D eigenvalue weighted by Gasteiger charge is 2.64. The standard InChI is InChI=1S/C10H17F3N2O/c1-8(2,3)6-14-7(16)15-9(4-5-9)10(11,12)13/h4-6H2,1-3H3,(H2,14,15,16). The van der Waals surface area contributed by atoms with Crippen LogP contribution >= 0.6 is 0 Å². The quantitative estimate of drug-likeness (QED) is 0.762. The van der Waals surface area contributed by atoms with E-state index in [1.807, 2.05) is 26.1 Å². The van der Waals surface area contributed by atoms with Crippen LogP contribution in [0.1, 0.15) is 33.6 Å². The van der Waals surface area contributed by atoms with Crippen LogP contribution in [0.25, 0.3) is 0 Å². The Hall–Kier alpha value is -0.940. The molecule has 1 saturated carbocycles. The number of halogens is 3. The van der Waals surface area contributed by atoms with E-state index in [9.17, 15) is 18.0 Å². The lowest BCUT2D eigenvalue weighted by Crippen LogP contribution is -2.52. The van der Waals surface area contributed by atoms with Crippen LogP contribution in [-0.2, 0) is 0 Å². The Bertz CT molecular complexity index is 277. The van der Waals surface area contributed by atoms with E-state index >= 15 is 0 Å². The zero-order chi connectivity index (χ0) is 12.6. The minimum Gasteiger partial charge on any atom is -0.338 e. The summed E-state index contributed by atoms with van der Waals surface area (Å²) in [5.74, 6) is 0. The number of urea groups is 1. The number of nitrogens with one attached hydrogen (secondary N) is 2. The molecule has 1 aliphatic rings. The third kappa shape index (κ3) is 3.28. The minimum absolute atomic E-state index is 0.0283. The van der Waals surface area contributed by atoms with Gasteiger partial charge in [-0.05, 0) is 18.3 Å². The van der Waals surface area contributed by atoms with E-state index in [2.05, 4.69) is 5.32 Å². The smallest absolute Gasteiger partial charge is 0.338 e. The molecule has 1 aliphatic carbocycles. The van der Waals surface area contributed by atoms with Crippen molar-refractivity contribution < 1.29 is 18.0 Å². The Labute approximate surface area is 92.8 Å². The van der Waals surface area contributed by atoms with E-state index in [-0.39, 0.29) is 18.3 Å². The molecule has 0 aromatic heterocycles. The van der Waals surface area contributed by atoms with Crippen molar-refractivity contribution in [1.29, 1.82) is 0 Å². The molecule has 16 heavy (non-hydrogen) atoms. The van der Waals surface area contributed by atoms with Crippen molar-refractivity contribution >= 4 is 6.03 Å². The van der Waals surface area contributed by atoms with E-state index < -0.39 is 17.7 Å². The van der Waals surface area contributed by atoms with Crippen molar-refractivity contribution in [2.24, 2.45) is 5.41 Å². The largest absolute Gasteiger partial charge is 0.411 e. The molecule has 0 aromatic carbocycles. The third-order valence-electron chi connectivity index (χ3n) is 2.42. The summed E-state index contributed by atoms with van der Waals surface area (Å²) in [5, 5.41) is 4.45. The van der Waals surface area contributed by atoms with Gasteiger partial charge in [0.15, 0.2) is 0 Å². The van der Waals surface area contributed by atoms with Gasteiger partial charge in [0.1, 0.15) is 5.54 Å². The van der Waals surface area contributed by atoms with Crippen LogP contribution in [0.4, 0.5) is 18.0 Å². The lowest BCUT2D eigenvalue weighted by molar-refractivity contribution is -0.162. The van der Waals surface area contributed by atoms with Gasteiger partial charge in [-0.25, -0.2) is 4.79 Å². The number of hydrogen-bond donors (Lipinski definition) is 2. The Morgan fingerprint density at radius 3 is 2.06 bits per heavy atom. The fourth-order valence-electron chi connectivity index (χ4n) is 1.21. The molecule has 1 rings (SSSR count). The zero-order valence-corrected chi connectivity index (χ0v) is 9.66. The lowest BCUT2D eigenvalue weighted by atomic mass is 9.97. The normalized spacial score (nSPS) is 19.1. The molecule has 0 unspecified atom stereocenters. The van der Waals surface area contributed by atoms with Crippen molar-refractivity contribution in [3.63, 3.8) is 0 Å². The molecule has 1 fully saturated rings. The summed E-state index contributed by atoms with van der Waals surface area (Å²) >= 11 is 0. The fraction of sp³-hybridized carbons (Fsp3) is 0.900. The second-order valence-corrected chi connectivity index (χ2v) is 5.45. The lowest BCUT2D eigenvalue weighted by Gasteiger charge is -2.23. The Morgan fingerprint density at radius 2 is 1.75 bits per heavy atom. The van der Waals surface area contributed by atoms with Crippen LogP contribution in [0.5, 0.6) is 0 Å². The Balaban J connectivity index is 2.42. The van der Waals surface area contributed by atoms with Gasteiger partial charge in [-0.3, -0.25) is 0 Å². The van der Waals surface area contributed by atoms with Gasteiger partial charge in [-0.15, -0.1) is 0 Å². The van der Waals surface area contributed by atoms with Gasteiger partial charge in [0.05, 0.1) is 0 Å². The molecule has 2 amide bonds. The van der Waals surface area contributed by atoms with Crippen molar-refractivity contribution in [1.82, 2.24) is 10.6 Å². The SMILES string of the molecule is CC(C)(C)CNC(=O)NC1(C(F)(F)F)CC1. The summed E-state index contributed by atoms with van der Waals surface area (Å²) in [6, 6.07) is -0.746. The van der Waals surface area contributed by atoms with Crippen LogP contribution < -0.4 is 10.6 Å². The van der Waals surface area contributed by atoms with Crippen LogP contribution in [0, 0.1) is 5.41 Å². The topological polar surface area (TPSA) is 41.1 Å². The summed E-state index contributed by atoms with van der Waals surface area (Å²) in [4.78, 5) is 11.3. The van der Waals surface area contributed by atoms with Gasteiger partial charge in [0, 0.05) is 6.54 Å². The van der Waals surface area contributed by atoms with Gasteiger partial charge >= 0.3 is 12.2 Å². The maximum Gasteiger partial charge on any atom is 0.411 e. The van der Waals surface area contributed by atoms with Gasteiger partial charge < -0.3 is 10.6 Å². The molecule has 0 radical (unpaired) electrons. The molecular weight excluding hydrogens is 221 g/mol. The summed E-state index contributed by atoms with van der Waals surface area (Å²) in [5.41, 5.74) is -2.12. The molecule has 0 aliphatic heterocycles. The monoisotopic (exact) mass is 238 g/mol. The highest BCUT2D eigenvalue weighted by molar-refractivity contribution is 5.75. The number of carbonyl (C=O) groups excluding carboxylic acids is 1. The maximum atomic E-state index is 12.5. The molecule has 0 aromatic rings. The summed E-state index contributed by atoms with van der Waals surface area (Å²) in [7, 11) is 0. The van der Waals surface area contributed by atoms with E-state index in [1.54, 1.807) is 0 Å². The second kappa shape index (κ2) is 3.82. The van der Waals surface area contributed by atoms with Crippen LogP contribution in [0.15, 0.2) is 0 Å². The first kappa shape index (κ1) is 13.1. The summed E-state index contributed by atoms with van der Waals surface area (Å²) in [6.45, 7) is 6.02. The second-order valence-electron chi connectivity index (χ2n) is 5.45. The molecular formula is C10H17F3N2O. The molecule has 94 valence electrons. The molecule has 0 saturated heterocycles. The van der Waals surface area contributed by atoms with Gasteiger partial charge in [-0.1, -0.05) is 20.8 Å². The van der Waals surface area contributed by atoms with Crippen molar-refractivity contribution in [3.8, 4) is 0 Å². The number of alkyl halides is 3. The van der Waals surface area contributed by atoms with E-state index in [0.717, 1.165) is 0 Å². The van der Waals surface area contributed by atoms with Crippen molar-refractivity contribution in [2.45, 2.75) is 45.3 Å². The van der Waals surface area contributed by atoms with Crippen LogP contribution in [0.3, 0.4) is 0 Å². The summed E-state index contributed by atoms with van der Waals surface area (Å²) < 4.78 is 37.5. The van der Waals surface area contributed by atoms with Crippen molar-refractivity contribution in [3.05, 3.63) is 0 Å². The minimum atomic E-state index is -4.36. The molecule has 0 heterocycles. The van der Waals surface area contributed by atoms with Crippen LogP contribution in [0.2, 0.25) is 0 Å². The molecule has 0 bridgehead atoms.